The summed E-state index contributed by atoms with van der Waals surface area (Å²) >= 11 is 5.65. The maximum atomic E-state index is 12.6. The molecule has 0 aliphatic rings. The second kappa shape index (κ2) is 5.61. The Kier molecular flexibility index (Phi) is 4.04. The standard InChI is InChI=1S/C13H8ClF3N2O2/c14-8-5-10(11(20)18-6-8)12(21)19-9-3-1-2-7(4-9)13(15,16)17/h1-6H,(H,18,20)(H,19,21). The van der Waals surface area contributed by atoms with E-state index >= 15 is 0 Å². The minimum Gasteiger partial charge on any atom is -0.327 e. The zero-order chi connectivity index (χ0) is 15.6. The molecule has 1 heterocycles. The number of carbonyl (C=O) groups excluding carboxylic acids is 1. The number of rotatable bonds is 2. The summed E-state index contributed by atoms with van der Waals surface area (Å²) in [4.78, 5) is 25.6. The molecule has 0 spiro atoms. The fourth-order valence-corrected chi connectivity index (χ4v) is 1.76. The fourth-order valence-electron chi connectivity index (χ4n) is 1.60. The highest BCUT2D eigenvalue weighted by Gasteiger charge is 2.30. The van der Waals surface area contributed by atoms with E-state index in [0.717, 1.165) is 24.3 Å². The molecule has 0 atom stereocenters. The number of hydrogen-bond donors (Lipinski definition) is 2. The van der Waals surface area contributed by atoms with Gasteiger partial charge in [-0.15, -0.1) is 0 Å². The molecule has 4 nitrogen and oxygen atoms in total. The van der Waals surface area contributed by atoms with Gasteiger partial charge in [-0.05, 0) is 24.3 Å². The van der Waals surface area contributed by atoms with E-state index < -0.39 is 23.2 Å². The Bertz CT molecular complexity index is 741. The van der Waals surface area contributed by atoms with Crippen LogP contribution in [0, 0.1) is 0 Å². The van der Waals surface area contributed by atoms with E-state index in [1.165, 1.54) is 12.3 Å². The van der Waals surface area contributed by atoms with Crippen molar-refractivity contribution in [1.82, 2.24) is 4.98 Å². The number of alkyl halides is 3. The molecule has 0 bridgehead atoms. The molecule has 0 unspecified atom stereocenters. The fraction of sp³-hybridized carbons (Fsp3) is 0.0769. The lowest BCUT2D eigenvalue weighted by atomic mass is 10.2. The molecule has 0 aliphatic carbocycles. The molecule has 110 valence electrons. The Morgan fingerprint density at radius 2 is 1.95 bits per heavy atom. The molecule has 0 radical (unpaired) electrons. The first-order chi connectivity index (χ1) is 9.77. The third-order valence-corrected chi connectivity index (χ3v) is 2.78. The first-order valence-electron chi connectivity index (χ1n) is 5.64. The monoisotopic (exact) mass is 316 g/mol. The van der Waals surface area contributed by atoms with E-state index in [4.69, 9.17) is 11.6 Å². The number of nitrogens with one attached hydrogen (secondary N) is 2. The lowest BCUT2D eigenvalue weighted by molar-refractivity contribution is -0.137. The van der Waals surface area contributed by atoms with Gasteiger partial charge in [0.1, 0.15) is 5.56 Å². The number of pyridine rings is 1. The van der Waals surface area contributed by atoms with E-state index in [2.05, 4.69) is 10.3 Å². The van der Waals surface area contributed by atoms with E-state index in [-0.39, 0.29) is 16.3 Å². The third kappa shape index (κ3) is 3.63. The normalized spacial score (nSPS) is 11.2. The number of hydrogen-bond acceptors (Lipinski definition) is 2. The molecule has 8 heteroatoms. The molecule has 0 saturated heterocycles. The number of halogens is 4. The second-order valence-electron chi connectivity index (χ2n) is 4.09. The van der Waals surface area contributed by atoms with Crippen molar-refractivity contribution >= 4 is 23.2 Å². The maximum absolute atomic E-state index is 12.6. The molecular weight excluding hydrogens is 309 g/mol. The molecule has 0 aliphatic heterocycles. The topological polar surface area (TPSA) is 62.0 Å². The number of H-pyrrole nitrogens is 1. The van der Waals surface area contributed by atoms with Crippen LogP contribution < -0.4 is 10.9 Å². The Balaban J connectivity index is 2.28. The average molecular weight is 317 g/mol. The van der Waals surface area contributed by atoms with Crippen molar-refractivity contribution in [3.63, 3.8) is 0 Å². The zero-order valence-electron chi connectivity index (χ0n) is 10.3. The molecular formula is C13H8ClF3N2O2. The van der Waals surface area contributed by atoms with Crippen LogP contribution in [0.2, 0.25) is 5.02 Å². The first kappa shape index (κ1) is 15.1. The Morgan fingerprint density at radius 1 is 1.24 bits per heavy atom. The number of benzene rings is 1. The number of anilines is 1. The molecule has 2 N–H and O–H groups in total. The summed E-state index contributed by atoms with van der Waals surface area (Å²) in [5, 5.41) is 2.35. The van der Waals surface area contributed by atoms with Crippen LogP contribution in [-0.2, 0) is 6.18 Å². The summed E-state index contributed by atoms with van der Waals surface area (Å²) in [6.07, 6.45) is -3.32. The van der Waals surface area contributed by atoms with Gasteiger partial charge >= 0.3 is 6.18 Å². The minimum atomic E-state index is -4.52. The lowest BCUT2D eigenvalue weighted by Gasteiger charge is -2.09. The van der Waals surface area contributed by atoms with Gasteiger partial charge in [0.25, 0.3) is 11.5 Å². The highest BCUT2D eigenvalue weighted by atomic mass is 35.5. The van der Waals surface area contributed by atoms with Crippen molar-refractivity contribution in [2.75, 3.05) is 5.32 Å². The second-order valence-corrected chi connectivity index (χ2v) is 4.53. The summed E-state index contributed by atoms with van der Waals surface area (Å²) in [6, 6.07) is 5.22. The van der Waals surface area contributed by atoms with Crippen LogP contribution in [0.4, 0.5) is 18.9 Å². The van der Waals surface area contributed by atoms with Crippen molar-refractivity contribution in [3.05, 3.63) is 63.0 Å². The maximum Gasteiger partial charge on any atom is 0.416 e. The Morgan fingerprint density at radius 3 is 2.62 bits per heavy atom. The predicted molar refractivity (Wildman–Crippen MR) is 71.5 cm³/mol. The molecule has 21 heavy (non-hydrogen) atoms. The minimum absolute atomic E-state index is 0.0748. The number of amides is 1. The van der Waals surface area contributed by atoms with Crippen LogP contribution in [0.3, 0.4) is 0 Å². The summed E-state index contributed by atoms with van der Waals surface area (Å²) in [7, 11) is 0. The molecule has 2 rings (SSSR count). The third-order valence-electron chi connectivity index (χ3n) is 2.56. The van der Waals surface area contributed by atoms with Crippen molar-refractivity contribution < 1.29 is 18.0 Å². The van der Waals surface area contributed by atoms with Crippen LogP contribution >= 0.6 is 11.6 Å². The van der Waals surface area contributed by atoms with Gasteiger partial charge in [-0.25, -0.2) is 0 Å². The summed E-state index contributed by atoms with van der Waals surface area (Å²) in [6.45, 7) is 0. The van der Waals surface area contributed by atoms with Gasteiger partial charge in [-0.1, -0.05) is 17.7 Å². The number of aromatic amines is 1. The molecule has 1 aromatic carbocycles. The van der Waals surface area contributed by atoms with Gasteiger partial charge in [0.2, 0.25) is 0 Å². The zero-order valence-corrected chi connectivity index (χ0v) is 11.0. The van der Waals surface area contributed by atoms with E-state index in [0.29, 0.717) is 0 Å². The van der Waals surface area contributed by atoms with Crippen molar-refractivity contribution in [3.8, 4) is 0 Å². The van der Waals surface area contributed by atoms with E-state index in [1.54, 1.807) is 0 Å². The largest absolute Gasteiger partial charge is 0.416 e. The number of aromatic nitrogens is 1. The summed E-state index contributed by atoms with van der Waals surface area (Å²) in [5.74, 6) is -0.849. The molecule has 0 saturated carbocycles. The van der Waals surface area contributed by atoms with Gasteiger partial charge in [0.15, 0.2) is 0 Å². The Hall–Kier alpha value is -2.28. The predicted octanol–water partition coefficient (Wildman–Crippen LogP) is 3.30. The number of carbonyl (C=O) groups is 1. The molecule has 1 aromatic heterocycles. The van der Waals surface area contributed by atoms with Crippen LogP contribution in [0.1, 0.15) is 15.9 Å². The molecule has 0 fully saturated rings. The highest BCUT2D eigenvalue weighted by molar-refractivity contribution is 6.30. The summed E-state index contributed by atoms with van der Waals surface area (Å²) in [5.41, 5.74) is -1.96. The molecule has 2 aromatic rings. The van der Waals surface area contributed by atoms with Crippen LogP contribution in [0.25, 0.3) is 0 Å². The van der Waals surface area contributed by atoms with Gasteiger partial charge in [-0.3, -0.25) is 9.59 Å². The van der Waals surface area contributed by atoms with Crippen LogP contribution in [-0.4, -0.2) is 10.9 Å². The lowest BCUT2D eigenvalue weighted by Crippen LogP contribution is -2.22. The van der Waals surface area contributed by atoms with Gasteiger partial charge < -0.3 is 10.3 Å². The van der Waals surface area contributed by atoms with Crippen LogP contribution in [0.5, 0.6) is 0 Å². The Labute approximate surface area is 121 Å². The van der Waals surface area contributed by atoms with E-state index in [9.17, 15) is 22.8 Å². The van der Waals surface area contributed by atoms with Crippen molar-refractivity contribution in [2.24, 2.45) is 0 Å². The quantitative estimate of drug-likeness (QED) is 0.893. The highest BCUT2D eigenvalue weighted by Crippen LogP contribution is 2.30. The van der Waals surface area contributed by atoms with Crippen molar-refractivity contribution in [2.45, 2.75) is 6.18 Å². The SMILES string of the molecule is O=C(Nc1cccc(C(F)(F)F)c1)c1cc(Cl)c[nH]c1=O. The molecule has 1 amide bonds. The van der Waals surface area contributed by atoms with Gasteiger partial charge in [-0.2, -0.15) is 13.2 Å². The van der Waals surface area contributed by atoms with Crippen LogP contribution in [0.15, 0.2) is 41.3 Å². The average Bonchev–Trinajstić information content (AvgIpc) is 2.41. The summed E-state index contributed by atoms with van der Waals surface area (Å²) < 4.78 is 37.7. The van der Waals surface area contributed by atoms with E-state index in [1.807, 2.05) is 0 Å². The van der Waals surface area contributed by atoms with Gasteiger partial charge in [0.05, 0.1) is 10.6 Å². The smallest absolute Gasteiger partial charge is 0.327 e. The van der Waals surface area contributed by atoms with Crippen molar-refractivity contribution in [1.29, 1.82) is 0 Å². The first-order valence-corrected chi connectivity index (χ1v) is 6.02. The van der Waals surface area contributed by atoms with Gasteiger partial charge in [0, 0.05) is 11.9 Å².